The highest BCUT2D eigenvalue weighted by Crippen LogP contribution is 2.09. The summed E-state index contributed by atoms with van der Waals surface area (Å²) in [7, 11) is 0. The van der Waals surface area contributed by atoms with Crippen LogP contribution >= 0.6 is 0 Å². The Kier molecular flexibility index (Phi) is 4.87. The second-order valence-corrected chi connectivity index (χ2v) is 3.65. The topological polar surface area (TPSA) is 63.3 Å². The van der Waals surface area contributed by atoms with Crippen LogP contribution in [0.1, 0.15) is 55.3 Å². The number of carbonyl (C=O) groups is 1. The molecule has 0 aliphatic carbocycles. The molecule has 1 aromatic heterocycles. The summed E-state index contributed by atoms with van der Waals surface area (Å²) in [6.45, 7) is 2.18. The average Bonchev–Trinajstić information content (AvgIpc) is 2.66. The lowest BCUT2D eigenvalue weighted by Crippen LogP contribution is -1.92. The average molecular weight is 211 g/mol. The van der Waals surface area contributed by atoms with Gasteiger partial charge in [0.05, 0.1) is 5.69 Å². The van der Waals surface area contributed by atoms with Crippen molar-refractivity contribution in [1.29, 1.82) is 0 Å². The van der Waals surface area contributed by atoms with E-state index in [2.05, 4.69) is 16.6 Å². The molecule has 1 aromatic rings. The molecule has 84 valence electrons. The van der Waals surface area contributed by atoms with Gasteiger partial charge in [-0.15, -0.1) is 0 Å². The molecule has 0 fully saturated rings. The van der Waals surface area contributed by atoms with Crippen molar-refractivity contribution in [1.82, 2.24) is 5.16 Å². The molecule has 4 nitrogen and oxygen atoms in total. The lowest BCUT2D eigenvalue weighted by molar-refractivity contribution is 0.0652. The zero-order valence-electron chi connectivity index (χ0n) is 9.03. The summed E-state index contributed by atoms with van der Waals surface area (Å²) in [5.74, 6) is -1.13. The zero-order chi connectivity index (χ0) is 11.1. The molecule has 0 aromatic carbocycles. The van der Waals surface area contributed by atoms with Crippen LogP contribution in [0.4, 0.5) is 0 Å². The van der Waals surface area contributed by atoms with Gasteiger partial charge in [0.2, 0.25) is 5.76 Å². The van der Waals surface area contributed by atoms with Gasteiger partial charge in [0, 0.05) is 6.07 Å². The van der Waals surface area contributed by atoms with Crippen molar-refractivity contribution >= 4 is 5.97 Å². The van der Waals surface area contributed by atoms with Crippen LogP contribution in [0.5, 0.6) is 0 Å². The first-order valence-electron chi connectivity index (χ1n) is 5.43. The van der Waals surface area contributed by atoms with Gasteiger partial charge in [-0.1, -0.05) is 37.8 Å². The monoisotopic (exact) mass is 211 g/mol. The molecule has 15 heavy (non-hydrogen) atoms. The van der Waals surface area contributed by atoms with E-state index in [0.717, 1.165) is 18.5 Å². The second-order valence-electron chi connectivity index (χ2n) is 3.65. The molecule has 1 rings (SSSR count). The molecule has 1 N–H and O–H groups in total. The number of unbranched alkanes of at least 4 members (excludes halogenated alkanes) is 4. The fourth-order valence-corrected chi connectivity index (χ4v) is 1.44. The first-order chi connectivity index (χ1) is 7.24. The molecule has 0 radical (unpaired) electrons. The fraction of sp³-hybridized carbons (Fsp3) is 0.636. The highest BCUT2D eigenvalue weighted by Gasteiger charge is 2.10. The van der Waals surface area contributed by atoms with E-state index in [1.807, 2.05) is 0 Å². The van der Waals surface area contributed by atoms with E-state index < -0.39 is 5.97 Å². The van der Waals surface area contributed by atoms with Crippen molar-refractivity contribution in [3.63, 3.8) is 0 Å². The second kappa shape index (κ2) is 6.22. The van der Waals surface area contributed by atoms with Crippen molar-refractivity contribution in [2.45, 2.75) is 45.4 Å². The minimum Gasteiger partial charge on any atom is -0.475 e. The van der Waals surface area contributed by atoms with Gasteiger partial charge in [-0.25, -0.2) is 4.79 Å². The van der Waals surface area contributed by atoms with Crippen molar-refractivity contribution in [3.8, 4) is 0 Å². The van der Waals surface area contributed by atoms with Crippen molar-refractivity contribution in [2.24, 2.45) is 0 Å². The molecular weight excluding hydrogens is 194 g/mol. The van der Waals surface area contributed by atoms with Gasteiger partial charge in [0.15, 0.2) is 0 Å². The Balaban J connectivity index is 2.23. The normalized spacial score (nSPS) is 10.5. The molecule has 1 heterocycles. The summed E-state index contributed by atoms with van der Waals surface area (Å²) < 4.78 is 4.65. The van der Waals surface area contributed by atoms with Crippen LogP contribution in [-0.4, -0.2) is 16.2 Å². The lowest BCUT2D eigenvalue weighted by Gasteiger charge is -1.96. The predicted molar refractivity (Wildman–Crippen MR) is 55.9 cm³/mol. The number of nitrogens with zero attached hydrogens (tertiary/aromatic N) is 1. The third-order valence-electron chi connectivity index (χ3n) is 2.31. The first-order valence-corrected chi connectivity index (χ1v) is 5.43. The molecule has 0 aliphatic heterocycles. The van der Waals surface area contributed by atoms with Crippen LogP contribution in [0.3, 0.4) is 0 Å². The zero-order valence-corrected chi connectivity index (χ0v) is 9.03. The smallest absolute Gasteiger partial charge is 0.374 e. The maximum absolute atomic E-state index is 10.5. The van der Waals surface area contributed by atoms with Crippen LogP contribution in [-0.2, 0) is 6.42 Å². The maximum Gasteiger partial charge on any atom is 0.374 e. The number of hydrogen-bond donors (Lipinski definition) is 1. The van der Waals surface area contributed by atoms with Crippen LogP contribution < -0.4 is 0 Å². The third kappa shape index (κ3) is 4.14. The summed E-state index contributed by atoms with van der Waals surface area (Å²) in [6, 6.07) is 1.50. The van der Waals surface area contributed by atoms with Gasteiger partial charge in [-0.05, 0) is 12.8 Å². The van der Waals surface area contributed by atoms with E-state index in [-0.39, 0.29) is 5.76 Å². The van der Waals surface area contributed by atoms with Gasteiger partial charge >= 0.3 is 5.97 Å². The predicted octanol–water partition coefficient (Wildman–Crippen LogP) is 2.89. The Labute approximate surface area is 89.3 Å². The van der Waals surface area contributed by atoms with Gasteiger partial charge in [0.1, 0.15) is 0 Å². The number of aromatic carboxylic acids is 1. The van der Waals surface area contributed by atoms with Crippen LogP contribution in [0.15, 0.2) is 10.6 Å². The van der Waals surface area contributed by atoms with Crippen molar-refractivity contribution in [3.05, 3.63) is 17.5 Å². The Hall–Kier alpha value is -1.32. The number of hydrogen-bond acceptors (Lipinski definition) is 3. The van der Waals surface area contributed by atoms with E-state index in [4.69, 9.17) is 5.11 Å². The molecule has 0 saturated heterocycles. The molecule has 0 amide bonds. The molecular formula is C11H17NO3. The summed E-state index contributed by atoms with van der Waals surface area (Å²) in [5.41, 5.74) is 0.740. The lowest BCUT2D eigenvalue weighted by atomic mass is 10.1. The minimum atomic E-state index is -1.06. The molecule has 0 unspecified atom stereocenters. The van der Waals surface area contributed by atoms with Crippen LogP contribution in [0, 0.1) is 0 Å². The fourth-order valence-electron chi connectivity index (χ4n) is 1.44. The van der Waals surface area contributed by atoms with E-state index in [0.29, 0.717) is 0 Å². The first kappa shape index (κ1) is 11.8. The van der Waals surface area contributed by atoms with Crippen LogP contribution in [0.2, 0.25) is 0 Å². The molecule has 0 atom stereocenters. The Morgan fingerprint density at radius 2 is 2.13 bits per heavy atom. The van der Waals surface area contributed by atoms with Gasteiger partial charge in [0.25, 0.3) is 0 Å². The Bertz CT molecular complexity index is 307. The molecule has 0 bridgehead atoms. The van der Waals surface area contributed by atoms with E-state index in [1.165, 1.54) is 31.7 Å². The highest BCUT2D eigenvalue weighted by molar-refractivity contribution is 5.84. The number of aromatic nitrogens is 1. The quantitative estimate of drug-likeness (QED) is 0.704. The van der Waals surface area contributed by atoms with Gasteiger partial charge < -0.3 is 9.63 Å². The van der Waals surface area contributed by atoms with E-state index in [1.54, 1.807) is 0 Å². The van der Waals surface area contributed by atoms with E-state index >= 15 is 0 Å². The number of carboxylic acids is 1. The summed E-state index contributed by atoms with van der Waals surface area (Å²) >= 11 is 0. The van der Waals surface area contributed by atoms with Crippen molar-refractivity contribution in [2.75, 3.05) is 0 Å². The largest absolute Gasteiger partial charge is 0.475 e. The number of aryl methyl sites for hydroxylation is 1. The molecule has 0 saturated carbocycles. The van der Waals surface area contributed by atoms with E-state index in [9.17, 15) is 4.79 Å². The van der Waals surface area contributed by atoms with Crippen LogP contribution in [0.25, 0.3) is 0 Å². The summed E-state index contributed by atoms with van der Waals surface area (Å²) in [5, 5.41) is 12.3. The minimum absolute atomic E-state index is 0.0708. The van der Waals surface area contributed by atoms with Gasteiger partial charge in [-0.3, -0.25) is 0 Å². The highest BCUT2D eigenvalue weighted by atomic mass is 16.5. The third-order valence-corrected chi connectivity index (χ3v) is 2.31. The summed E-state index contributed by atoms with van der Waals surface area (Å²) in [6.07, 6.45) is 6.75. The SMILES string of the molecule is CCCCCCCc1cc(C(=O)O)on1. The standard InChI is InChI=1S/C11H17NO3/c1-2-3-4-5-6-7-9-8-10(11(13)14)15-12-9/h8H,2-7H2,1H3,(H,13,14). The van der Waals surface area contributed by atoms with Crippen molar-refractivity contribution < 1.29 is 14.4 Å². The molecule has 4 heteroatoms. The molecule has 0 spiro atoms. The number of carboxylic acid groups (broad SMARTS) is 1. The summed E-state index contributed by atoms with van der Waals surface area (Å²) in [4.78, 5) is 10.5. The van der Waals surface area contributed by atoms with Gasteiger partial charge in [-0.2, -0.15) is 0 Å². The Morgan fingerprint density at radius 1 is 1.40 bits per heavy atom. The Morgan fingerprint density at radius 3 is 2.73 bits per heavy atom. The number of rotatable bonds is 7. The molecule has 0 aliphatic rings. The maximum atomic E-state index is 10.5.